The highest BCUT2D eigenvalue weighted by atomic mass is 35.5. The Morgan fingerprint density at radius 1 is 1.04 bits per heavy atom. The molecule has 248 valence electrons. The van der Waals surface area contributed by atoms with Crippen LogP contribution in [0, 0.1) is 41.1 Å². The zero-order valence-electron chi connectivity index (χ0n) is 25.9. The summed E-state index contributed by atoms with van der Waals surface area (Å²) in [5.41, 5.74) is -0.399. The lowest BCUT2D eigenvalue weighted by molar-refractivity contribution is -0.172. The number of hydrogen-bond donors (Lipinski definition) is 2. The molecule has 12 heteroatoms. The number of benzene rings is 3. The smallest absolute Gasteiger partial charge is 0.255 e. The van der Waals surface area contributed by atoms with Gasteiger partial charge in [0, 0.05) is 37.0 Å². The van der Waals surface area contributed by atoms with Crippen molar-refractivity contribution in [3.05, 3.63) is 94.3 Å². The van der Waals surface area contributed by atoms with Gasteiger partial charge in [-0.05, 0) is 73.1 Å². The van der Waals surface area contributed by atoms with Crippen molar-refractivity contribution in [1.82, 2.24) is 5.06 Å². The molecular formula is C34H38ClF3N2O5S. The van der Waals surface area contributed by atoms with Crippen LogP contribution >= 0.6 is 11.6 Å². The molecule has 7 nitrogen and oxygen atoms in total. The first-order valence-corrected chi connectivity index (χ1v) is 17.2. The Morgan fingerprint density at radius 2 is 1.65 bits per heavy atom. The molecule has 2 bridgehead atoms. The highest BCUT2D eigenvalue weighted by Gasteiger charge is 2.56. The molecule has 0 aliphatic heterocycles. The van der Waals surface area contributed by atoms with Crippen LogP contribution in [0.1, 0.15) is 55.5 Å². The summed E-state index contributed by atoms with van der Waals surface area (Å²) in [6.45, 7) is 5.02. The molecule has 2 saturated carbocycles. The fourth-order valence-corrected chi connectivity index (χ4v) is 9.94. The average molecular weight is 679 g/mol. The number of hydroxylamine groups is 2. The van der Waals surface area contributed by atoms with Gasteiger partial charge in [0.1, 0.15) is 0 Å². The van der Waals surface area contributed by atoms with E-state index >= 15 is 0 Å². The normalized spacial score (nSPS) is 24.2. The van der Waals surface area contributed by atoms with Crippen LogP contribution in [0.2, 0.25) is 5.02 Å². The molecule has 4 unspecified atom stereocenters. The number of nitrogens with one attached hydrogen (secondary N) is 1. The quantitative estimate of drug-likeness (QED) is 0.167. The summed E-state index contributed by atoms with van der Waals surface area (Å²) in [5, 5.41) is 15.1. The lowest BCUT2D eigenvalue weighted by atomic mass is 9.68. The lowest BCUT2D eigenvalue weighted by Crippen LogP contribution is -2.51. The van der Waals surface area contributed by atoms with Crippen LogP contribution < -0.4 is 5.32 Å². The molecule has 0 aromatic heterocycles. The molecule has 1 amide bonds. The van der Waals surface area contributed by atoms with E-state index in [1.54, 1.807) is 5.06 Å². The van der Waals surface area contributed by atoms with Gasteiger partial charge < -0.3 is 10.4 Å². The first-order chi connectivity index (χ1) is 21.7. The molecule has 5 rings (SSSR count). The molecule has 2 N–H and O–H groups in total. The maximum Gasteiger partial charge on any atom is 0.255 e. The van der Waals surface area contributed by atoms with Crippen molar-refractivity contribution < 1.29 is 36.3 Å². The van der Waals surface area contributed by atoms with E-state index in [4.69, 9.17) is 16.4 Å². The number of amides is 1. The zero-order chi connectivity index (χ0) is 33.4. The number of nitrogens with zero attached hydrogens (tertiary/aromatic N) is 1. The first-order valence-electron chi connectivity index (χ1n) is 15.3. The van der Waals surface area contributed by atoms with Crippen LogP contribution in [0.4, 0.5) is 18.9 Å². The van der Waals surface area contributed by atoms with E-state index in [2.05, 4.69) is 5.32 Å². The summed E-state index contributed by atoms with van der Waals surface area (Å²) in [6.07, 6.45) is 1.87. The minimum absolute atomic E-state index is 0.0107. The Labute approximate surface area is 272 Å². The second kappa shape index (κ2) is 13.6. The Kier molecular flexibility index (Phi) is 10.2. The van der Waals surface area contributed by atoms with Gasteiger partial charge in [0.15, 0.2) is 27.3 Å². The third-order valence-corrected chi connectivity index (χ3v) is 12.6. The second-order valence-corrected chi connectivity index (χ2v) is 15.3. The monoisotopic (exact) mass is 678 g/mol. The summed E-state index contributed by atoms with van der Waals surface area (Å²) < 4.78 is 68.9. The molecule has 2 fully saturated rings. The third kappa shape index (κ3) is 7.13. The molecule has 0 heterocycles. The van der Waals surface area contributed by atoms with Crippen molar-refractivity contribution >= 4 is 33.0 Å². The molecule has 0 spiro atoms. The van der Waals surface area contributed by atoms with Crippen molar-refractivity contribution in [3.63, 3.8) is 0 Å². The summed E-state index contributed by atoms with van der Waals surface area (Å²) in [4.78, 5) is 18.7. The molecule has 46 heavy (non-hydrogen) atoms. The number of aliphatic hydroxyl groups is 1. The van der Waals surface area contributed by atoms with Crippen LogP contribution in [-0.4, -0.2) is 49.0 Å². The summed E-state index contributed by atoms with van der Waals surface area (Å²) >= 11 is 6.38. The van der Waals surface area contributed by atoms with Crippen LogP contribution in [0.5, 0.6) is 0 Å². The van der Waals surface area contributed by atoms with E-state index in [0.717, 1.165) is 11.6 Å². The van der Waals surface area contributed by atoms with Gasteiger partial charge in [-0.15, -0.1) is 0 Å². The molecule has 2 aliphatic rings. The minimum Gasteiger partial charge on any atom is -0.390 e. The maximum absolute atomic E-state index is 14.1. The largest absolute Gasteiger partial charge is 0.390 e. The fraction of sp³-hybridized carbons (Fsp3) is 0.441. The third-order valence-electron chi connectivity index (χ3n) is 9.68. The van der Waals surface area contributed by atoms with Crippen LogP contribution in [0.25, 0.3) is 0 Å². The number of anilines is 1. The van der Waals surface area contributed by atoms with Gasteiger partial charge in [-0.25, -0.2) is 21.6 Å². The van der Waals surface area contributed by atoms with E-state index in [9.17, 15) is 31.5 Å². The lowest BCUT2D eigenvalue weighted by Gasteiger charge is -2.46. The van der Waals surface area contributed by atoms with Gasteiger partial charge in [-0.2, -0.15) is 5.06 Å². The van der Waals surface area contributed by atoms with Crippen molar-refractivity contribution in [1.29, 1.82) is 0 Å². The summed E-state index contributed by atoms with van der Waals surface area (Å²) in [7, 11) is -2.19. The van der Waals surface area contributed by atoms with E-state index < -0.39 is 44.0 Å². The van der Waals surface area contributed by atoms with Crippen molar-refractivity contribution in [2.75, 3.05) is 19.0 Å². The van der Waals surface area contributed by atoms with E-state index in [1.165, 1.54) is 12.1 Å². The average Bonchev–Trinajstić information content (AvgIpc) is 3.31. The second-order valence-electron chi connectivity index (χ2n) is 12.8. The van der Waals surface area contributed by atoms with Crippen molar-refractivity contribution in [2.24, 2.45) is 23.7 Å². The summed E-state index contributed by atoms with van der Waals surface area (Å²) in [6, 6.07) is 14.9. The Morgan fingerprint density at radius 3 is 2.26 bits per heavy atom. The van der Waals surface area contributed by atoms with Crippen LogP contribution in [0.15, 0.2) is 65.6 Å². The number of carbonyl (C=O) groups excluding carboxylic acids is 1. The number of fused-ring (bicyclic) bond motifs is 2. The van der Waals surface area contributed by atoms with E-state index in [0.29, 0.717) is 51.0 Å². The minimum atomic E-state index is -4.05. The predicted octanol–water partition coefficient (Wildman–Crippen LogP) is 7.04. The van der Waals surface area contributed by atoms with E-state index in [1.807, 2.05) is 51.2 Å². The highest BCUT2D eigenvalue weighted by molar-refractivity contribution is 7.92. The topological polar surface area (TPSA) is 95.9 Å². The molecule has 6 atom stereocenters. The number of carbonyl (C=O) groups is 1. The molecule has 2 aliphatic carbocycles. The molecule has 0 saturated heterocycles. The van der Waals surface area contributed by atoms with Gasteiger partial charge in [-0.3, -0.25) is 9.63 Å². The van der Waals surface area contributed by atoms with E-state index in [-0.39, 0.29) is 44.8 Å². The van der Waals surface area contributed by atoms with Crippen LogP contribution in [0.3, 0.4) is 0 Å². The van der Waals surface area contributed by atoms with Gasteiger partial charge in [0.25, 0.3) is 5.91 Å². The summed E-state index contributed by atoms with van der Waals surface area (Å²) in [5.74, 6) is -6.28. The predicted molar refractivity (Wildman–Crippen MR) is 169 cm³/mol. The molecule has 3 aromatic carbocycles. The fourth-order valence-electron chi connectivity index (χ4n) is 7.09. The van der Waals surface area contributed by atoms with Crippen molar-refractivity contribution in [2.45, 2.75) is 61.8 Å². The first kappa shape index (κ1) is 34.4. The SMILES string of the molecule is CC(CON(C)Cc1ccccc1)C(C)[C@]1(O)CC2CC[C@H](C1)C2S(=O)(=O)c1cc(C(=O)Nc2cc(F)c(F)c(F)c2)ccc1Cl. The van der Waals surface area contributed by atoms with Gasteiger partial charge in [0.2, 0.25) is 0 Å². The zero-order valence-corrected chi connectivity index (χ0v) is 27.4. The van der Waals surface area contributed by atoms with Gasteiger partial charge >= 0.3 is 0 Å². The number of halogens is 4. The highest BCUT2D eigenvalue weighted by Crippen LogP contribution is 2.54. The number of hydrogen-bond acceptors (Lipinski definition) is 6. The van der Waals surface area contributed by atoms with Crippen LogP contribution in [-0.2, 0) is 21.2 Å². The van der Waals surface area contributed by atoms with Gasteiger partial charge in [-0.1, -0.05) is 55.8 Å². The van der Waals surface area contributed by atoms with Gasteiger partial charge in [0.05, 0.1) is 27.4 Å². The van der Waals surface area contributed by atoms with Crippen molar-refractivity contribution in [3.8, 4) is 0 Å². The molecule has 3 aromatic rings. The molecular weight excluding hydrogens is 641 g/mol. The number of rotatable bonds is 11. The Balaban J connectivity index is 1.27. The Hall–Kier alpha value is -2.96. The maximum atomic E-state index is 14.1. The number of sulfone groups is 1. The Bertz CT molecular complexity index is 1660. The standard InChI is InChI=1S/C34H38ClF3N2O5S/c1-20(19-45-40(3)18-22-7-5-4-6-8-22)21(2)34(42)16-24-9-10-25(17-34)32(24)46(43,44)30-13-23(11-12-27(30)35)33(41)39-26-14-28(36)31(38)29(37)15-26/h4-8,11-15,20-21,24-25,32,42H,9-10,16-19H2,1-3H3,(H,39,41)/t20?,21?,24-,25?,32?,34-/m1/s1. The molecule has 0 radical (unpaired) electrons.